The SMILES string of the molecule is O=C(O)c1ccc2c3nc4nc(nc5[nH]c(nc6nc(nc([nH]3)c2c1)-c1ccc(I)cc1-6)c1ccc(I)cc51)-c1ccc(I)cc1-4. The number of hydrogen-bond donors (Lipinski definition) is 3. The second kappa shape index (κ2) is 10.5. The minimum atomic E-state index is -1.03. The fourth-order valence-electron chi connectivity index (χ4n) is 5.84. The molecule has 3 N–H and O–H groups in total. The number of aromatic nitrogens is 8. The van der Waals surface area contributed by atoms with Crippen molar-refractivity contribution in [2.24, 2.45) is 0 Å². The molecule has 9 rings (SSSR count). The van der Waals surface area contributed by atoms with Crippen molar-refractivity contribution in [3.63, 3.8) is 0 Å². The van der Waals surface area contributed by atoms with Crippen molar-refractivity contribution in [1.82, 2.24) is 39.9 Å². The van der Waals surface area contributed by atoms with E-state index in [0.29, 0.717) is 56.7 Å². The zero-order valence-corrected chi connectivity index (χ0v) is 29.6. The smallest absolute Gasteiger partial charge is 0.335 e. The van der Waals surface area contributed by atoms with E-state index >= 15 is 0 Å². The fourth-order valence-corrected chi connectivity index (χ4v) is 7.32. The summed E-state index contributed by atoms with van der Waals surface area (Å²) in [6.45, 7) is 0. The first-order chi connectivity index (χ1) is 22.3. The topological polar surface area (TPSA) is 146 Å². The van der Waals surface area contributed by atoms with Crippen LogP contribution in [-0.2, 0) is 0 Å². The maximum absolute atomic E-state index is 12.0. The van der Waals surface area contributed by atoms with Gasteiger partial charge in [0.15, 0.2) is 23.3 Å². The van der Waals surface area contributed by atoms with Gasteiger partial charge in [0.05, 0.1) is 5.56 Å². The number of aromatic amines is 2. The van der Waals surface area contributed by atoms with E-state index in [-0.39, 0.29) is 5.56 Å². The first-order valence-electron chi connectivity index (χ1n) is 13.9. The summed E-state index contributed by atoms with van der Waals surface area (Å²) in [6, 6.07) is 23.1. The Morgan fingerprint density at radius 1 is 0.478 bits per heavy atom. The molecule has 220 valence electrons. The van der Waals surface area contributed by atoms with Crippen LogP contribution in [0.15, 0.2) is 72.8 Å². The highest BCUT2D eigenvalue weighted by atomic mass is 127. The average molecular weight is 936 g/mol. The summed E-state index contributed by atoms with van der Waals surface area (Å²) in [5.74, 6) is 0.939. The molecular weight excluding hydrogens is 921 g/mol. The summed E-state index contributed by atoms with van der Waals surface area (Å²) in [5.41, 5.74) is 5.69. The Balaban J connectivity index is 1.50. The van der Waals surface area contributed by atoms with Gasteiger partial charge < -0.3 is 15.1 Å². The zero-order chi connectivity index (χ0) is 31.3. The van der Waals surface area contributed by atoms with E-state index in [1.807, 2.05) is 48.5 Å². The number of carboxylic acid groups (broad SMARTS) is 1. The summed E-state index contributed by atoms with van der Waals surface area (Å²) >= 11 is 6.85. The van der Waals surface area contributed by atoms with E-state index in [1.54, 1.807) is 18.2 Å². The predicted octanol–water partition coefficient (Wildman–Crippen LogP) is 8.38. The lowest BCUT2D eigenvalue weighted by molar-refractivity contribution is 0.0697. The van der Waals surface area contributed by atoms with Crippen LogP contribution in [-0.4, -0.2) is 50.9 Å². The third-order valence-corrected chi connectivity index (χ3v) is 9.98. The minimum absolute atomic E-state index is 0.141. The van der Waals surface area contributed by atoms with Crippen LogP contribution >= 0.6 is 67.8 Å². The molecule has 0 amide bonds. The molecule has 0 saturated carbocycles. The van der Waals surface area contributed by atoms with Gasteiger partial charge >= 0.3 is 5.97 Å². The van der Waals surface area contributed by atoms with E-state index in [1.165, 1.54) is 0 Å². The van der Waals surface area contributed by atoms with Gasteiger partial charge in [-0.1, -0.05) is 0 Å². The molecule has 0 fully saturated rings. The number of benzene rings is 4. The molecule has 4 aromatic carbocycles. The summed E-state index contributed by atoms with van der Waals surface area (Å²) in [5, 5.41) is 12.9. The van der Waals surface area contributed by atoms with Crippen molar-refractivity contribution >= 4 is 118 Å². The molecule has 0 spiro atoms. The summed E-state index contributed by atoms with van der Waals surface area (Å²) in [6.07, 6.45) is 0. The average Bonchev–Trinajstić information content (AvgIpc) is 3.75. The van der Waals surface area contributed by atoms with E-state index in [4.69, 9.17) is 29.9 Å². The van der Waals surface area contributed by atoms with Crippen LogP contribution in [0.4, 0.5) is 0 Å². The number of rotatable bonds is 1. The Kier molecular flexibility index (Phi) is 6.40. The number of aromatic carboxylic acids is 1. The maximum atomic E-state index is 12.0. The second-order valence-electron chi connectivity index (χ2n) is 10.7. The van der Waals surface area contributed by atoms with Crippen LogP contribution in [0.2, 0.25) is 0 Å². The first kappa shape index (κ1) is 28.1. The lowest BCUT2D eigenvalue weighted by atomic mass is 10.1. The summed E-state index contributed by atoms with van der Waals surface area (Å²) < 4.78 is 3.13. The molecule has 10 nitrogen and oxygen atoms in total. The Bertz CT molecular complexity index is 2680. The van der Waals surface area contributed by atoms with Crippen LogP contribution in [0.25, 0.3) is 89.7 Å². The molecule has 3 aromatic heterocycles. The van der Waals surface area contributed by atoms with Crippen LogP contribution in [0.1, 0.15) is 10.4 Å². The molecule has 2 aliphatic heterocycles. The number of H-pyrrole nitrogens is 2. The number of nitrogens with one attached hydrogen (secondary N) is 2. The summed E-state index contributed by atoms with van der Waals surface area (Å²) in [7, 11) is 0. The monoisotopic (exact) mass is 936 g/mol. The number of halogens is 3. The fraction of sp³-hybridized carbons (Fsp3) is 0. The van der Waals surface area contributed by atoms with Crippen molar-refractivity contribution in [2.75, 3.05) is 0 Å². The Labute approximate surface area is 299 Å². The van der Waals surface area contributed by atoms with Crippen molar-refractivity contribution < 1.29 is 9.90 Å². The third-order valence-electron chi connectivity index (χ3n) is 7.96. The van der Waals surface area contributed by atoms with Crippen molar-refractivity contribution in [1.29, 1.82) is 0 Å². The number of carboxylic acids is 1. The zero-order valence-electron chi connectivity index (χ0n) is 23.1. The van der Waals surface area contributed by atoms with Crippen molar-refractivity contribution in [3.8, 4) is 45.6 Å². The van der Waals surface area contributed by atoms with Gasteiger partial charge in [-0.25, -0.2) is 34.7 Å². The van der Waals surface area contributed by atoms with Gasteiger partial charge in [-0.15, -0.1) is 0 Å². The predicted molar refractivity (Wildman–Crippen MR) is 201 cm³/mol. The molecule has 0 saturated heterocycles. The highest BCUT2D eigenvalue weighted by Gasteiger charge is 2.23. The third kappa shape index (κ3) is 4.49. The highest BCUT2D eigenvalue weighted by Crippen LogP contribution is 2.38. The molecule has 46 heavy (non-hydrogen) atoms. The van der Waals surface area contributed by atoms with E-state index in [0.717, 1.165) is 43.7 Å². The molecule has 8 bridgehead atoms. The highest BCUT2D eigenvalue weighted by molar-refractivity contribution is 14.1. The summed E-state index contributed by atoms with van der Waals surface area (Å²) in [4.78, 5) is 48.7. The lowest BCUT2D eigenvalue weighted by Gasteiger charge is -1.99. The standard InChI is InChI=1S/C33H15I3N8O2/c34-14-2-6-18-22(10-14)31-40-26(18)38-29-21-9-13(33(45)46)1-5-17(21)25(37-29)39-30-23-11-15(35)3-7-19(23)27(41-30)43-32-24-12-16(36)4-8-20(24)28(42-31)44-32/h1-12H,(H,45,46)(H2,37,38,39,40,41,42,43,44). The van der Waals surface area contributed by atoms with Crippen molar-refractivity contribution in [2.45, 2.75) is 0 Å². The van der Waals surface area contributed by atoms with Gasteiger partial charge in [-0.3, -0.25) is 0 Å². The van der Waals surface area contributed by atoms with Gasteiger partial charge in [0.1, 0.15) is 22.6 Å². The maximum Gasteiger partial charge on any atom is 0.335 e. The normalized spacial score (nSPS) is 12.0. The van der Waals surface area contributed by atoms with Gasteiger partial charge in [0, 0.05) is 54.5 Å². The Morgan fingerprint density at radius 2 is 0.891 bits per heavy atom. The van der Waals surface area contributed by atoms with E-state index in [9.17, 15) is 9.90 Å². The molecule has 0 radical (unpaired) electrons. The molecular formula is C33H15I3N8O2. The molecule has 13 heteroatoms. The van der Waals surface area contributed by atoms with Gasteiger partial charge in [-0.05, 0) is 141 Å². The largest absolute Gasteiger partial charge is 0.478 e. The van der Waals surface area contributed by atoms with Crippen LogP contribution in [0.5, 0.6) is 0 Å². The van der Waals surface area contributed by atoms with Gasteiger partial charge in [0.25, 0.3) is 0 Å². The first-order valence-corrected chi connectivity index (χ1v) is 17.1. The quantitative estimate of drug-likeness (QED) is 0.139. The lowest BCUT2D eigenvalue weighted by Crippen LogP contribution is -1.94. The van der Waals surface area contributed by atoms with Gasteiger partial charge in [-0.2, -0.15) is 0 Å². The molecule has 0 unspecified atom stereocenters. The molecule has 0 atom stereocenters. The van der Waals surface area contributed by atoms with Crippen LogP contribution < -0.4 is 0 Å². The number of carbonyl (C=O) groups is 1. The minimum Gasteiger partial charge on any atom is -0.478 e. The Hall–Kier alpha value is -4.10. The molecule has 0 aliphatic carbocycles. The Morgan fingerprint density at radius 3 is 1.41 bits per heavy atom. The van der Waals surface area contributed by atoms with Crippen LogP contribution in [0, 0.1) is 10.7 Å². The molecule has 7 aromatic rings. The van der Waals surface area contributed by atoms with Crippen LogP contribution in [0.3, 0.4) is 0 Å². The number of fused-ring (bicyclic) bond motifs is 20. The number of hydrogen-bond acceptors (Lipinski definition) is 7. The molecule has 5 heterocycles. The number of nitrogens with zero attached hydrogens (tertiary/aromatic N) is 6. The second-order valence-corrected chi connectivity index (χ2v) is 14.5. The van der Waals surface area contributed by atoms with E-state index < -0.39 is 5.97 Å². The van der Waals surface area contributed by atoms with Gasteiger partial charge in [0.2, 0.25) is 0 Å². The van der Waals surface area contributed by atoms with E-state index in [2.05, 4.69) is 83.8 Å². The van der Waals surface area contributed by atoms with Crippen molar-refractivity contribution in [3.05, 3.63) is 89.1 Å². The molecule has 2 aliphatic rings.